The fourth-order valence-corrected chi connectivity index (χ4v) is 1.83. The van der Waals surface area contributed by atoms with Gasteiger partial charge in [0.2, 0.25) is 0 Å². The Bertz CT molecular complexity index is 781. The Labute approximate surface area is 127 Å². The Hall–Kier alpha value is -3.28. The molecule has 0 atom stereocenters. The van der Waals surface area contributed by atoms with Gasteiger partial charge in [0.1, 0.15) is 5.69 Å². The topological polar surface area (TPSA) is 72.2 Å². The van der Waals surface area contributed by atoms with Crippen molar-refractivity contribution in [1.29, 1.82) is 0 Å². The standard InChI is InChI=1S/C16H13N5O/c22-16(13-7-3-1-4-8-13)19-17-11-14-12-18-21(20-14)15-9-5-2-6-10-15/h1-12H,(H,19,22)/b17-11+. The van der Waals surface area contributed by atoms with E-state index >= 15 is 0 Å². The summed E-state index contributed by atoms with van der Waals surface area (Å²) in [5.74, 6) is -0.271. The molecule has 3 rings (SSSR count). The number of hydrogen-bond donors (Lipinski definition) is 1. The first kappa shape index (κ1) is 13.7. The van der Waals surface area contributed by atoms with Gasteiger partial charge in [0.05, 0.1) is 18.1 Å². The van der Waals surface area contributed by atoms with Crippen molar-refractivity contribution in [3.05, 3.63) is 78.1 Å². The number of hydrogen-bond acceptors (Lipinski definition) is 4. The van der Waals surface area contributed by atoms with Crippen LogP contribution in [0.1, 0.15) is 16.1 Å². The predicted octanol–water partition coefficient (Wildman–Crippen LogP) is 2.03. The van der Waals surface area contributed by atoms with Crippen LogP contribution in [0, 0.1) is 0 Å². The summed E-state index contributed by atoms with van der Waals surface area (Å²) in [5.41, 5.74) is 4.41. The first-order chi connectivity index (χ1) is 10.8. The van der Waals surface area contributed by atoms with E-state index in [1.165, 1.54) is 11.0 Å². The molecule has 2 aromatic carbocycles. The number of rotatable bonds is 4. The lowest BCUT2D eigenvalue weighted by atomic mass is 10.2. The molecule has 1 aromatic heterocycles. The lowest BCUT2D eigenvalue weighted by Crippen LogP contribution is -2.17. The number of carbonyl (C=O) groups is 1. The van der Waals surface area contributed by atoms with Crippen LogP contribution in [-0.2, 0) is 0 Å². The van der Waals surface area contributed by atoms with Gasteiger partial charge in [-0.3, -0.25) is 4.79 Å². The van der Waals surface area contributed by atoms with E-state index in [1.54, 1.807) is 30.5 Å². The molecule has 0 saturated heterocycles. The maximum absolute atomic E-state index is 11.8. The molecule has 0 bridgehead atoms. The molecule has 1 N–H and O–H groups in total. The molecule has 0 aliphatic heterocycles. The Balaban J connectivity index is 1.64. The minimum absolute atomic E-state index is 0.271. The minimum Gasteiger partial charge on any atom is -0.267 e. The number of benzene rings is 2. The number of hydrazone groups is 1. The number of nitrogens with one attached hydrogen (secondary N) is 1. The number of nitrogens with zero attached hydrogens (tertiary/aromatic N) is 4. The van der Waals surface area contributed by atoms with Gasteiger partial charge in [-0.25, -0.2) is 5.43 Å². The molecule has 0 unspecified atom stereocenters. The molecule has 22 heavy (non-hydrogen) atoms. The SMILES string of the molecule is O=C(N/N=C/c1cnn(-c2ccccc2)n1)c1ccccc1. The zero-order valence-electron chi connectivity index (χ0n) is 11.6. The molecule has 0 fully saturated rings. The van der Waals surface area contributed by atoms with Gasteiger partial charge in [0.15, 0.2) is 0 Å². The zero-order valence-corrected chi connectivity index (χ0v) is 11.6. The van der Waals surface area contributed by atoms with E-state index in [2.05, 4.69) is 20.7 Å². The third-order valence-corrected chi connectivity index (χ3v) is 2.90. The molecule has 0 saturated carbocycles. The van der Waals surface area contributed by atoms with E-state index in [0.717, 1.165) is 5.69 Å². The zero-order chi connectivity index (χ0) is 15.2. The summed E-state index contributed by atoms with van der Waals surface area (Å²) >= 11 is 0. The number of amides is 1. The average Bonchev–Trinajstić information content (AvgIpc) is 3.05. The first-order valence-electron chi connectivity index (χ1n) is 6.69. The fourth-order valence-electron chi connectivity index (χ4n) is 1.83. The van der Waals surface area contributed by atoms with Crippen molar-refractivity contribution in [3.63, 3.8) is 0 Å². The quantitative estimate of drug-likeness (QED) is 0.590. The van der Waals surface area contributed by atoms with Crippen molar-refractivity contribution >= 4 is 12.1 Å². The van der Waals surface area contributed by atoms with Crippen molar-refractivity contribution in [2.75, 3.05) is 0 Å². The van der Waals surface area contributed by atoms with Crippen LogP contribution in [0.25, 0.3) is 5.69 Å². The van der Waals surface area contributed by atoms with E-state index < -0.39 is 0 Å². The number of para-hydroxylation sites is 1. The number of aromatic nitrogens is 3. The molecule has 3 aromatic rings. The largest absolute Gasteiger partial charge is 0.271 e. The van der Waals surface area contributed by atoms with Gasteiger partial charge in [-0.1, -0.05) is 36.4 Å². The summed E-state index contributed by atoms with van der Waals surface area (Å²) < 4.78 is 0. The van der Waals surface area contributed by atoms with Gasteiger partial charge in [0.25, 0.3) is 5.91 Å². The van der Waals surface area contributed by atoms with Gasteiger partial charge < -0.3 is 0 Å². The van der Waals surface area contributed by atoms with Crippen LogP contribution in [0.15, 0.2) is 72.0 Å². The van der Waals surface area contributed by atoms with Crippen LogP contribution in [0.5, 0.6) is 0 Å². The van der Waals surface area contributed by atoms with E-state index in [9.17, 15) is 4.79 Å². The van der Waals surface area contributed by atoms with Crippen molar-refractivity contribution in [2.24, 2.45) is 5.10 Å². The van der Waals surface area contributed by atoms with Gasteiger partial charge in [-0.15, -0.1) is 5.10 Å². The monoisotopic (exact) mass is 291 g/mol. The van der Waals surface area contributed by atoms with E-state index in [0.29, 0.717) is 11.3 Å². The highest BCUT2D eigenvalue weighted by Crippen LogP contribution is 2.03. The summed E-state index contributed by atoms with van der Waals surface area (Å²) in [6.45, 7) is 0. The van der Waals surface area contributed by atoms with Crippen molar-refractivity contribution < 1.29 is 4.79 Å². The molecule has 1 heterocycles. The van der Waals surface area contributed by atoms with Crippen LogP contribution in [-0.4, -0.2) is 27.1 Å². The molecule has 108 valence electrons. The highest BCUT2D eigenvalue weighted by molar-refractivity contribution is 5.94. The number of carbonyl (C=O) groups excluding carboxylic acids is 1. The molecule has 0 spiro atoms. The van der Waals surface area contributed by atoms with Crippen LogP contribution in [0.3, 0.4) is 0 Å². The normalized spacial score (nSPS) is 10.7. The van der Waals surface area contributed by atoms with Crippen molar-refractivity contribution in [1.82, 2.24) is 20.4 Å². The Kier molecular flexibility index (Phi) is 4.01. The van der Waals surface area contributed by atoms with Crippen molar-refractivity contribution in [3.8, 4) is 5.69 Å². The summed E-state index contributed by atoms with van der Waals surface area (Å²) in [6.07, 6.45) is 3.03. The van der Waals surface area contributed by atoms with Crippen LogP contribution in [0.4, 0.5) is 0 Å². The van der Waals surface area contributed by atoms with Gasteiger partial charge in [0, 0.05) is 5.56 Å². The third kappa shape index (κ3) is 3.24. The molecule has 0 radical (unpaired) electrons. The molecule has 6 heteroatoms. The summed E-state index contributed by atoms with van der Waals surface area (Å²) in [7, 11) is 0. The maximum atomic E-state index is 11.8. The second kappa shape index (κ2) is 6.45. The van der Waals surface area contributed by atoms with E-state index in [-0.39, 0.29) is 5.91 Å². The van der Waals surface area contributed by atoms with Gasteiger partial charge >= 0.3 is 0 Å². The molecule has 1 amide bonds. The van der Waals surface area contributed by atoms with Gasteiger partial charge in [-0.05, 0) is 24.3 Å². The smallest absolute Gasteiger partial charge is 0.267 e. The average molecular weight is 291 g/mol. The van der Waals surface area contributed by atoms with Gasteiger partial charge in [-0.2, -0.15) is 15.0 Å². The minimum atomic E-state index is -0.271. The van der Waals surface area contributed by atoms with Crippen molar-refractivity contribution in [2.45, 2.75) is 0 Å². The molecule has 0 aliphatic carbocycles. The lowest BCUT2D eigenvalue weighted by Gasteiger charge is -1.98. The Morgan fingerprint density at radius 1 is 1.05 bits per heavy atom. The fraction of sp³-hybridized carbons (Fsp3) is 0. The molecular formula is C16H13N5O. The lowest BCUT2D eigenvalue weighted by molar-refractivity contribution is 0.0955. The molecule has 0 aliphatic rings. The summed E-state index contributed by atoms with van der Waals surface area (Å²) in [5, 5.41) is 12.3. The van der Waals surface area contributed by atoms with Crippen LogP contribution < -0.4 is 5.43 Å². The maximum Gasteiger partial charge on any atom is 0.271 e. The predicted molar refractivity (Wildman–Crippen MR) is 82.9 cm³/mol. The van der Waals surface area contributed by atoms with E-state index in [4.69, 9.17) is 0 Å². The summed E-state index contributed by atoms with van der Waals surface area (Å²) in [4.78, 5) is 13.3. The molecular weight excluding hydrogens is 278 g/mol. The van der Waals surface area contributed by atoms with E-state index in [1.807, 2.05) is 36.4 Å². The Morgan fingerprint density at radius 2 is 1.73 bits per heavy atom. The second-order valence-corrected chi connectivity index (χ2v) is 4.46. The first-order valence-corrected chi connectivity index (χ1v) is 6.69. The Morgan fingerprint density at radius 3 is 2.45 bits per heavy atom. The third-order valence-electron chi connectivity index (χ3n) is 2.90. The second-order valence-electron chi connectivity index (χ2n) is 4.46. The highest BCUT2D eigenvalue weighted by Gasteiger charge is 2.03. The highest BCUT2D eigenvalue weighted by atomic mass is 16.2. The summed E-state index contributed by atoms with van der Waals surface area (Å²) in [6, 6.07) is 18.4. The van der Waals surface area contributed by atoms with Crippen LogP contribution in [0.2, 0.25) is 0 Å². The van der Waals surface area contributed by atoms with Crippen LogP contribution >= 0.6 is 0 Å². The molecule has 6 nitrogen and oxygen atoms in total.